The van der Waals surface area contributed by atoms with Crippen LogP contribution >= 0.6 is 0 Å². The van der Waals surface area contributed by atoms with Crippen LogP contribution in [0.5, 0.6) is 0 Å². The van der Waals surface area contributed by atoms with Gasteiger partial charge in [-0.05, 0) is 68.9 Å². The Hall–Kier alpha value is -3.48. The number of fused-ring (bicyclic) bond motifs is 1. The van der Waals surface area contributed by atoms with E-state index in [2.05, 4.69) is 29.0 Å². The topological polar surface area (TPSA) is 77.1 Å². The summed E-state index contributed by atoms with van der Waals surface area (Å²) in [6.45, 7) is 7.05. The van der Waals surface area contributed by atoms with Crippen molar-refractivity contribution in [2.75, 3.05) is 6.54 Å². The van der Waals surface area contributed by atoms with Crippen LogP contribution in [0.4, 0.5) is 0 Å². The van der Waals surface area contributed by atoms with Gasteiger partial charge in [0.05, 0.1) is 23.6 Å². The van der Waals surface area contributed by atoms with E-state index in [9.17, 15) is 4.79 Å². The third kappa shape index (κ3) is 4.27. The average molecular weight is 444 g/mol. The van der Waals surface area contributed by atoms with Crippen LogP contribution in [0.15, 0.2) is 53.2 Å². The molecule has 1 fully saturated rings. The van der Waals surface area contributed by atoms with Gasteiger partial charge in [-0.1, -0.05) is 24.6 Å². The molecule has 2 aromatic heterocycles. The predicted molar refractivity (Wildman–Crippen MR) is 126 cm³/mol. The molecule has 1 saturated heterocycles. The first-order valence-electron chi connectivity index (χ1n) is 11.6. The number of rotatable bonds is 5. The van der Waals surface area contributed by atoms with Crippen LogP contribution in [0.25, 0.3) is 16.8 Å². The standard InChI is InChI=1S/C26H29N5O2/c1-17-6-8-23(31-27-12-13-28-31)20(15-17)26(32)30-14-4-5-19(3)22(30)9-11-25-29-21-16-18(2)7-10-24(21)33-25/h6-8,10,12-13,15-16,19,22H,4-5,9,11,14H2,1-3H3/t19-,22-/m1/s1. The Morgan fingerprint density at radius 2 is 1.85 bits per heavy atom. The lowest BCUT2D eigenvalue weighted by Gasteiger charge is -2.40. The Balaban J connectivity index is 1.40. The summed E-state index contributed by atoms with van der Waals surface area (Å²) < 4.78 is 5.98. The van der Waals surface area contributed by atoms with E-state index >= 15 is 0 Å². The van der Waals surface area contributed by atoms with Gasteiger partial charge in [-0.2, -0.15) is 15.0 Å². The van der Waals surface area contributed by atoms with Gasteiger partial charge < -0.3 is 9.32 Å². The SMILES string of the molecule is Cc1ccc(-n2nccn2)c(C(=O)N2CCC[C@@H](C)[C@H]2CCc2nc3cc(C)ccc3o2)c1. The quantitative estimate of drug-likeness (QED) is 0.438. The Labute approximate surface area is 193 Å². The average Bonchev–Trinajstić information content (AvgIpc) is 3.47. The van der Waals surface area contributed by atoms with Crippen molar-refractivity contribution in [3.05, 3.63) is 71.4 Å². The monoisotopic (exact) mass is 443 g/mol. The van der Waals surface area contributed by atoms with Crippen molar-refractivity contribution in [2.24, 2.45) is 5.92 Å². The largest absolute Gasteiger partial charge is 0.441 e. The van der Waals surface area contributed by atoms with Gasteiger partial charge in [0.1, 0.15) is 5.52 Å². The van der Waals surface area contributed by atoms with Gasteiger partial charge in [-0.25, -0.2) is 4.98 Å². The number of nitrogens with zero attached hydrogens (tertiary/aromatic N) is 5. The molecular weight excluding hydrogens is 414 g/mol. The summed E-state index contributed by atoms with van der Waals surface area (Å²) in [7, 11) is 0. The van der Waals surface area contributed by atoms with Crippen LogP contribution < -0.4 is 0 Å². The lowest BCUT2D eigenvalue weighted by molar-refractivity contribution is 0.0495. The fraction of sp³-hybridized carbons (Fsp3) is 0.385. The number of carbonyl (C=O) groups is 1. The number of aryl methyl sites for hydroxylation is 3. The molecule has 7 nitrogen and oxygen atoms in total. The second kappa shape index (κ2) is 8.81. The molecule has 33 heavy (non-hydrogen) atoms. The second-order valence-corrected chi connectivity index (χ2v) is 9.14. The van der Waals surface area contributed by atoms with Crippen LogP contribution in [0, 0.1) is 19.8 Å². The number of piperidine rings is 1. The molecule has 0 aliphatic carbocycles. The fourth-order valence-electron chi connectivity index (χ4n) is 4.90. The highest BCUT2D eigenvalue weighted by Crippen LogP contribution is 2.30. The molecule has 7 heteroatoms. The highest BCUT2D eigenvalue weighted by molar-refractivity contribution is 5.98. The Morgan fingerprint density at radius 1 is 1.09 bits per heavy atom. The lowest BCUT2D eigenvalue weighted by atomic mass is 9.87. The van der Waals surface area contributed by atoms with Crippen molar-refractivity contribution >= 4 is 17.0 Å². The van der Waals surface area contributed by atoms with Gasteiger partial charge in [0, 0.05) is 19.0 Å². The summed E-state index contributed by atoms with van der Waals surface area (Å²) in [6.07, 6.45) is 6.90. The van der Waals surface area contributed by atoms with E-state index in [-0.39, 0.29) is 11.9 Å². The van der Waals surface area contributed by atoms with Crippen LogP contribution in [0.3, 0.4) is 0 Å². The van der Waals surface area contributed by atoms with Crippen LogP contribution in [0.2, 0.25) is 0 Å². The first kappa shape index (κ1) is 21.4. The van der Waals surface area contributed by atoms with Crippen molar-refractivity contribution in [3.63, 3.8) is 0 Å². The maximum Gasteiger partial charge on any atom is 0.256 e. The minimum Gasteiger partial charge on any atom is -0.441 e. The van der Waals surface area contributed by atoms with E-state index in [1.165, 1.54) is 10.4 Å². The van der Waals surface area contributed by atoms with Gasteiger partial charge in [-0.3, -0.25) is 4.79 Å². The molecular formula is C26H29N5O2. The third-order valence-corrected chi connectivity index (χ3v) is 6.63. The normalized spacial score (nSPS) is 18.7. The number of hydrogen-bond donors (Lipinski definition) is 0. The Morgan fingerprint density at radius 3 is 2.67 bits per heavy atom. The minimum absolute atomic E-state index is 0.0377. The molecule has 2 atom stereocenters. The van der Waals surface area contributed by atoms with Gasteiger partial charge in [0.2, 0.25) is 0 Å². The van der Waals surface area contributed by atoms with E-state index in [1.54, 1.807) is 12.4 Å². The summed E-state index contributed by atoms with van der Waals surface area (Å²) in [4.78, 5) is 22.1. The fourth-order valence-corrected chi connectivity index (χ4v) is 4.90. The molecule has 0 bridgehead atoms. The number of carbonyl (C=O) groups excluding carboxylic acids is 1. The van der Waals surface area contributed by atoms with Crippen molar-refractivity contribution in [1.29, 1.82) is 0 Å². The molecule has 2 aromatic carbocycles. The number of benzene rings is 2. The first-order valence-corrected chi connectivity index (χ1v) is 11.6. The van der Waals surface area contributed by atoms with Crippen LogP contribution in [-0.2, 0) is 6.42 Å². The number of likely N-dealkylation sites (tertiary alicyclic amines) is 1. The van der Waals surface area contributed by atoms with Crippen molar-refractivity contribution in [3.8, 4) is 5.69 Å². The molecule has 4 aromatic rings. The summed E-state index contributed by atoms with van der Waals surface area (Å²) >= 11 is 0. The predicted octanol–water partition coefficient (Wildman–Crippen LogP) is 4.90. The molecule has 0 unspecified atom stereocenters. The molecule has 0 N–H and O–H groups in total. The molecule has 0 spiro atoms. The summed E-state index contributed by atoms with van der Waals surface area (Å²) in [5, 5.41) is 8.51. The van der Waals surface area contributed by atoms with Gasteiger partial charge >= 0.3 is 0 Å². The van der Waals surface area contributed by atoms with E-state index in [4.69, 9.17) is 4.42 Å². The maximum absolute atomic E-state index is 13.8. The zero-order chi connectivity index (χ0) is 22.9. The number of amides is 1. The first-order chi connectivity index (χ1) is 16.0. The molecule has 0 radical (unpaired) electrons. The van der Waals surface area contributed by atoms with Crippen LogP contribution in [-0.4, -0.2) is 43.4 Å². The molecule has 3 heterocycles. The molecule has 5 rings (SSSR count). The number of oxazole rings is 1. The summed E-state index contributed by atoms with van der Waals surface area (Å²) in [5.74, 6) is 1.18. The summed E-state index contributed by atoms with van der Waals surface area (Å²) in [6, 6.07) is 12.0. The van der Waals surface area contributed by atoms with Crippen molar-refractivity contribution in [1.82, 2.24) is 24.9 Å². The number of hydrogen-bond acceptors (Lipinski definition) is 5. The van der Waals surface area contributed by atoms with E-state index in [0.29, 0.717) is 23.6 Å². The molecule has 0 saturated carbocycles. The molecule has 1 aliphatic rings. The number of aromatic nitrogens is 4. The van der Waals surface area contributed by atoms with E-state index < -0.39 is 0 Å². The zero-order valence-corrected chi connectivity index (χ0v) is 19.4. The highest BCUT2D eigenvalue weighted by Gasteiger charge is 2.33. The highest BCUT2D eigenvalue weighted by atomic mass is 16.3. The van der Waals surface area contributed by atoms with Gasteiger partial charge in [0.25, 0.3) is 5.91 Å². The molecule has 1 amide bonds. The van der Waals surface area contributed by atoms with E-state index in [0.717, 1.165) is 48.4 Å². The lowest BCUT2D eigenvalue weighted by Crippen LogP contribution is -2.48. The third-order valence-electron chi connectivity index (χ3n) is 6.63. The molecule has 1 aliphatic heterocycles. The minimum atomic E-state index is 0.0377. The Kier molecular flexibility index (Phi) is 5.70. The van der Waals surface area contributed by atoms with Crippen molar-refractivity contribution in [2.45, 2.75) is 52.5 Å². The summed E-state index contributed by atoms with van der Waals surface area (Å²) in [5.41, 5.74) is 5.27. The van der Waals surface area contributed by atoms with Gasteiger partial charge in [-0.15, -0.1) is 0 Å². The smallest absolute Gasteiger partial charge is 0.256 e. The van der Waals surface area contributed by atoms with Crippen molar-refractivity contribution < 1.29 is 9.21 Å². The second-order valence-electron chi connectivity index (χ2n) is 9.14. The zero-order valence-electron chi connectivity index (χ0n) is 19.4. The maximum atomic E-state index is 13.8. The Bertz CT molecular complexity index is 1280. The van der Waals surface area contributed by atoms with Gasteiger partial charge in [0.15, 0.2) is 11.5 Å². The molecule has 170 valence electrons. The van der Waals surface area contributed by atoms with E-state index in [1.807, 2.05) is 48.2 Å². The van der Waals surface area contributed by atoms with Crippen LogP contribution in [0.1, 0.15) is 53.6 Å².